The number of aryl methyl sites for hydroxylation is 1. The lowest BCUT2D eigenvalue weighted by molar-refractivity contribution is 0.360. The molecule has 2 aromatic rings. The van der Waals surface area contributed by atoms with Crippen molar-refractivity contribution in [3.05, 3.63) is 65.0 Å². The Bertz CT molecular complexity index is 699. The molecule has 0 aliphatic carbocycles. The normalized spacial score (nSPS) is 13.8. The van der Waals surface area contributed by atoms with Crippen molar-refractivity contribution >= 4 is 10.0 Å². The lowest BCUT2D eigenvalue weighted by Gasteiger charge is -2.39. The molecule has 0 radical (unpaired) electrons. The summed E-state index contributed by atoms with van der Waals surface area (Å²) in [4.78, 5) is -0.667. The predicted molar refractivity (Wildman–Crippen MR) is 88.2 cm³/mol. The lowest BCUT2D eigenvalue weighted by Crippen LogP contribution is -2.19. The molecule has 132 valence electrons. The molecule has 0 spiro atoms. The van der Waals surface area contributed by atoms with E-state index in [0.717, 1.165) is 5.56 Å². The minimum Gasteiger partial charge on any atom is -0.212 e. The Kier molecular flexibility index (Phi) is 5.58. The smallest absolute Gasteiger partial charge is 0.200 e. The number of benzene rings is 2. The molecule has 1 atom stereocenters. The average molecular weight is 362 g/mol. The summed E-state index contributed by atoms with van der Waals surface area (Å²) < 4.78 is 68.5. The van der Waals surface area contributed by atoms with Gasteiger partial charge in [-0.3, -0.25) is 0 Å². The van der Waals surface area contributed by atoms with Gasteiger partial charge < -0.3 is 0 Å². The molecule has 2 aromatic carbocycles. The van der Waals surface area contributed by atoms with E-state index in [-0.39, 0.29) is 5.25 Å². The molecule has 6 heteroatoms. The first-order valence-electron chi connectivity index (χ1n) is 7.45. The third kappa shape index (κ3) is 3.43. The molecular formula is C18H19F5S. The third-order valence-electron chi connectivity index (χ3n) is 4.38. The topological polar surface area (TPSA) is 0 Å². The molecule has 0 nitrogen and oxygen atoms in total. The van der Waals surface area contributed by atoms with E-state index in [1.165, 1.54) is 0 Å². The van der Waals surface area contributed by atoms with Crippen molar-refractivity contribution in [2.45, 2.75) is 29.9 Å². The van der Waals surface area contributed by atoms with Crippen LogP contribution in [0.2, 0.25) is 0 Å². The van der Waals surface area contributed by atoms with Crippen molar-refractivity contribution in [3.8, 4) is 0 Å². The van der Waals surface area contributed by atoms with Crippen molar-refractivity contribution in [2.75, 3.05) is 12.5 Å². The maximum atomic E-state index is 14.1. The molecule has 0 saturated heterocycles. The number of halogens is 5. The van der Waals surface area contributed by atoms with E-state index >= 15 is 0 Å². The summed E-state index contributed by atoms with van der Waals surface area (Å²) in [5, 5.41) is -0.217. The van der Waals surface area contributed by atoms with Gasteiger partial charge in [-0.05, 0) is 36.2 Å². The molecule has 24 heavy (non-hydrogen) atoms. The molecule has 1 unspecified atom stereocenters. The standard InChI is InChI=1S/C18H19F5S/c1-11(9-10-12-7-5-4-6-8-12)24(2,3)18-16(22)14(20)13(19)15(21)17(18)23/h4-8,11H,9-10H2,1-3H3. The molecule has 0 amide bonds. The molecule has 0 saturated carbocycles. The summed E-state index contributed by atoms with van der Waals surface area (Å²) in [7, 11) is -2.23. The molecule has 0 aliphatic rings. The van der Waals surface area contributed by atoms with Crippen LogP contribution < -0.4 is 0 Å². The Morgan fingerprint density at radius 1 is 0.792 bits per heavy atom. The van der Waals surface area contributed by atoms with Crippen molar-refractivity contribution in [1.29, 1.82) is 0 Å². The second kappa shape index (κ2) is 7.13. The minimum absolute atomic E-state index is 0.217. The Labute approximate surface area is 140 Å². The Morgan fingerprint density at radius 3 is 1.75 bits per heavy atom. The van der Waals surface area contributed by atoms with Crippen LogP contribution in [0.5, 0.6) is 0 Å². The van der Waals surface area contributed by atoms with Crippen LogP contribution in [0, 0.1) is 29.1 Å². The second-order valence-electron chi connectivity index (χ2n) is 6.14. The van der Waals surface area contributed by atoms with Crippen LogP contribution in [-0.2, 0) is 6.42 Å². The van der Waals surface area contributed by atoms with Crippen molar-refractivity contribution in [2.24, 2.45) is 0 Å². The Hall–Kier alpha value is -1.56. The van der Waals surface area contributed by atoms with Crippen LogP contribution in [0.3, 0.4) is 0 Å². The van der Waals surface area contributed by atoms with Gasteiger partial charge in [-0.2, -0.15) is 0 Å². The summed E-state index contributed by atoms with van der Waals surface area (Å²) in [6.07, 6.45) is 4.43. The number of rotatable bonds is 5. The molecule has 0 bridgehead atoms. The SMILES string of the molecule is CC(CCc1ccccc1)S(C)(C)c1c(F)c(F)c(F)c(F)c1F. The lowest BCUT2D eigenvalue weighted by atomic mass is 10.1. The zero-order chi connectivity index (χ0) is 18.1. The van der Waals surface area contributed by atoms with Crippen LogP contribution in [0.4, 0.5) is 22.0 Å². The van der Waals surface area contributed by atoms with Crippen LogP contribution in [0.1, 0.15) is 18.9 Å². The summed E-state index contributed by atoms with van der Waals surface area (Å²) >= 11 is 0. The molecule has 0 aromatic heterocycles. The van der Waals surface area contributed by atoms with Crippen LogP contribution in [-0.4, -0.2) is 17.8 Å². The van der Waals surface area contributed by atoms with Gasteiger partial charge in [0.1, 0.15) is 0 Å². The van der Waals surface area contributed by atoms with Crippen molar-refractivity contribution in [3.63, 3.8) is 0 Å². The van der Waals surface area contributed by atoms with Gasteiger partial charge in [0.15, 0.2) is 23.3 Å². The molecule has 0 fully saturated rings. The Morgan fingerprint density at radius 2 is 1.25 bits per heavy atom. The summed E-state index contributed by atoms with van der Waals surface area (Å²) in [5.74, 6) is -9.28. The van der Waals surface area contributed by atoms with E-state index in [2.05, 4.69) is 0 Å². The third-order valence-corrected chi connectivity index (χ3v) is 8.04. The number of hydrogen-bond donors (Lipinski definition) is 0. The van der Waals surface area contributed by atoms with Gasteiger partial charge in [0, 0.05) is 0 Å². The fourth-order valence-electron chi connectivity index (χ4n) is 2.56. The summed E-state index contributed by atoms with van der Waals surface area (Å²) in [6, 6.07) is 9.54. The monoisotopic (exact) mass is 362 g/mol. The van der Waals surface area contributed by atoms with Crippen LogP contribution in [0.15, 0.2) is 35.2 Å². The van der Waals surface area contributed by atoms with E-state index in [4.69, 9.17) is 0 Å². The predicted octanol–water partition coefficient (Wildman–Crippen LogP) is 5.83. The van der Waals surface area contributed by atoms with E-state index < -0.39 is 44.0 Å². The van der Waals surface area contributed by atoms with Gasteiger partial charge in [0.05, 0.1) is 4.90 Å². The van der Waals surface area contributed by atoms with Crippen LogP contribution in [0.25, 0.3) is 0 Å². The van der Waals surface area contributed by atoms with E-state index in [1.54, 1.807) is 19.4 Å². The first kappa shape index (κ1) is 18.8. The maximum Gasteiger partial charge on any atom is 0.200 e. The van der Waals surface area contributed by atoms with Gasteiger partial charge in [0.25, 0.3) is 0 Å². The van der Waals surface area contributed by atoms with Gasteiger partial charge in [-0.1, -0.05) is 37.3 Å². The fourth-order valence-corrected chi connectivity index (χ4v) is 4.77. The van der Waals surface area contributed by atoms with Gasteiger partial charge >= 0.3 is 0 Å². The highest BCUT2D eigenvalue weighted by atomic mass is 32.3. The largest absolute Gasteiger partial charge is 0.212 e. The van der Waals surface area contributed by atoms with E-state index in [1.807, 2.05) is 30.3 Å². The highest BCUT2D eigenvalue weighted by molar-refractivity contribution is 8.33. The fraction of sp³-hybridized carbons (Fsp3) is 0.333. The molecule has 0 N–H and O–H groups in total. The average Bonchev–Trinajstić information content (AvgIpc) is 2.56. The van der Waals surface area contributed by atoms with Gasteiger partial charge in [-0.15, -0.1) is 0 Å². The maximum absolute atomic E-state index is 14.1. The zero-order valence-electron chi connectivity index (χ0n) is 13.7. The first-order valence-corrected chi connectivity index (χ1v) is 9.96. The molecule has 0 aliphatic heterocycles. The molecule has 2 rings (SSSR count). The first-order chi connectivity index (χ1) is 11.2. The van der Waals surface area contributed by atoms with Gasteiger partial charge in [0.2, 0.25) is 5.82 Å². The summed E-state index contributed by atoms with van der Waals surface area (Å²) in [5.41, 5.74) is 1.07. The molecular weight excluding hydrogens is 343 g/mol. The second-order valence-corrected chi connectivity index (χ2v) is 10.2. The highest BCUT2D eigenvalue weighted by Gasteiger charge is 2.35. The minimum atomic E-state index is -2.23. The van der Waals surface area contributed by atoms with Crippen LogP contribution >= 0.6 is 10.0 Å². The summed E-state index contributed by atoms with van der Waals surface area (Å²) in [6.45, 7) is 1.79. The Balaban J connectivity index is 2.33. The number of hydrogen-bond acceptors (Lipinski definition) is 0. The molecule has 0 heterocycles. The van der Waals surface area contributed by atoms with E-state index in [9.17, 15) is 22.0 Å². The zero-order valence-corrected chi connectivity index (χ0v) is 14.5. The quantitative estimate of drug-likeness (QED) is 0.357. The highest BCUT2D eigenvalue weighted by Crippen LogP contribution is 2.57. The van der Waals surface area contributed by atoms with Gasteiger partial charge in [-0.25, -0.2) is 32.0 Å². The van der Waals surface area contributed by atoms with Crippen molar-refractivity contribution < 1.29 is 22.0 Å². The van der Waals surface area contributed by atoms with E-state index in [0.29, 0.717) is 12.8 Å². The van der Waals surface area contributed by atoms with Crippen molar-refractivity contribution in [1.82, 2.24) is 0 Å².